The van der Waals surface area contributed by atoms with Crippen molar-refractivity contribution in [2.24, 2.45) is 5.92 Å². The van der Waals surface area contributed by atoms with Crippen molar-refractivity contribution in [3.63, 3.8) is 0 Å². The molecule has 0 aromatic heterocycles. The normalized spacial score (nSPS) is 20.9. The van der Waals surface area contributed by atoms with Gasteiger partial charge in [0.25, 0.3) is 0 Å². The second kappa shape index (κ2) is 7.29. The van der Waals surface area contributed by atoms with Gasteiger partial charge in [-0.15, -0.1) is 0 Å². The molecule has 1 aliphatic heterocycles. The van der Waals surface area contributed by atoms with Gasteiger partial charge in [0.2, 0.25) is 0 Å². The first-order valence-electron chi connectivity index (χ1n) is 5.91. The molecule has 9 heteroatoms. The molecule has 0 aromatic carbocycles. The van der Waals surface area contributed by atoms with Crippen molar-refractivity contribution in [2.75, 3.05) is 37.8 Å². The number of rotatable bonds is 7. The van der Waals surface area contributed by atoms with E-state index in [1.54, 1.807) is 0 Å². The Kier molecular flexibility index (Phi) is 6.03. The van der Waals surface area contributed by atoms with Gasteiger partial charge in [-0.3, -0.25) is 0 Å². The monoisotopic (exact) mass is 294 g/mol. The maximum Gasteiger partial charge on any atom is 0.329 e. The van der Waals surface area contributed by atoms with Crippen molar-refractivity contribution >= 4 is 21.8 Å². The molecule has 0 aromatic rings. The Bertz CT molecular complexity index is 422. The van der Waals surface area contributed by atoms with E-state index in [4.69, 9.17) is 9.84 Å². The molecule has 1 atom stereocenters. The topological polar surface area (TPSA) is 122 Å². The van der Waals surface area contributed by atoms with E-state index in [0.29, 0.717) is 13.0 Å². The Labute approximate surface area is 111 Å². The number of hydrogen-bond donors (Lipinski definition) is 3. The maximum atomic E-state index is 11.3. The molecule has 1 saturated heterocycles. The molecule has 3 N–H and O–H groups in total. The molecule has 0 radical (unpaired) electrons. The minimum Gasteiger partial charge on any atom is -0.480 e. The van der Waals surface area contributed by atoms with Crippen LogP contribution in [0.5, 0.6) is 0 Å². The van der Waals surface area contributed by atoms with Gasteiger partial charge in [0.15, 0.2) is 9.84 Å². The number of hydrogen-bond acceptors (Lipinski definition) is 5. The highest BCUT2D eigenvalue weighted by atomic mass is 32.2. The van der Waals surface area contributed by atoms with Crippen LogP contribution in [0.3, 0.4) is 0 Å². The molecule has 110 valence electrons. The quantitative estimate of drug-likeness (QED) is 0.508. The van der Waals surface area contributed by atoms with Crippen molar-refractivity contribution < 1.29 is 27.9 Å². The molecule has 0 bridgehead atoms. The van der Waals surface area contributed by atoms with Crippen LogP contribution < -0.4 is 10.6 Å². The van der Waals surface area contributed by atoms with Crippen molar-refractivity contribution in [2.45, 2.75) is 6.42 Å². The summed E-state index contributed by atoms with van der Waals surface area (Å²) in [5, 5.41) is 13.4. The third-order valence-electron chi connectivity index (χ3n) is 2.64. The first kappa shape index (κ1) is 15.7. The number of urea groups is 1. The summed E-state index contributed by atoms with van der Waals surface area (Å²) in [5.41, 5.74) is 0. The fourth-order valence-electron chi connectivity index (χ4n) is 1.73. The summed E-state index contributed by atoms with van der Waals surface area (Å²) < 4.78 is 27.1. The van der Waals surface area contributed by atoms with Crippen molar-refractivity contribution in [3.05, 3.63) is 0 Å². The van der Waals surface area contributed by atoms with Gasteiger partial charge in [-0.1, -0.05) is 0 Å². The number of amides is 2. The number of carbonyl (C=O) groups excluding carboxylic acids is 1. The summed E-state index contributed by atoms with van der Waals surface area (Å²) in [4.78, 5) is 21.4. The minimum absolute atomic E-state index is 0.0287. The molecule has 1 heterocycles. The van der Waals surface area contributed by atoms with Crippen LogP contribution in [0.25, 0.3) is 0 Å². The van der Waals surface area contributed by atoms with E-state index in [2.05, 4.69) is 10.6 Å². The summed E-state index contributed by atoms with van der Waals surface area (Å²) in [7, 11) is -2.92. The van der Waals surface area contributed by atoms with E-state index in [1.807, 2.05) is 0 Å². The van der Waals surface area contributed by atoms with Crippen LogP contribution in [0.1, 0.15) is 6.42 Å². The molecule has 8 nitrogen and oxygen atoms in total. The first-order chi connectivity index (χ1) is 8.89. The fraction of sp³-hybridized carbons (Fsp3) is 0.800. The molecular weight excluding hydrogens is 276 g/mol. The van der Waals surface area contributed by atoms with Crippen molar-refractivity contribution in [1.82, 2.24) is 10.6 Å². The van der Waals surface area contributed by atoms with E-state index >= 15 is 0 Å². The summed E-state index contributed by atoms with van der Waals surface area (Å²) in [5.74, 6) is -0.787. The van der Waals surface area contributed by atoms with Gasteiger partial charge in [0, 0.05) is 13.1 Å². The van der Waals surface area contributed by atoms with Gasteiger partial charge in [-0.25, -0.2) is 18.0 Å². The van der Waals surface area contributed by atoms with E-state index in [9.17, 15) is 18.0 Å². The van der Waals surface area contributed by atoms with Crippen molar-refractivity contribution in [3.8, 4) is 0 Å². The average Bonchev–Trinajstić information content (AvgIpc) is 2.65. The van der Waals surface area contributed by atoms with Gasteiger partial charge in [0.1, 0.15) is 6.61 Å². The number of carboxylic acids is 1. The zero-order valence-electron chi connectivity index (χ0n) is 10.4. The van der Waals surface area contributed by atoms with Gasteiger partial charge >= 0.3 is 12.0 Å². The first-order valence-corrected chi connectivity index (χ1v) is 7.73. The molecule has 0 saturated carbocycles. The third-order valence-corrected chi connectivity index (χ3v) is 4.47. The Morgan fingerprint density at radius 2 is 2.05 bits per heavy atom. The molecule has 1 unspecified atom stereocenters. The lowest BCUT2D eigenvalue weighted by Crippen LogP contribution is -2.40. The SMILES string of the molecule is O=C(O)COCCNC(=O)NCC1CCS(=O)(=O)C1. The standard InChI is InChI=1S/C10H18N2O6S/c13-9(14)6-18-3-2-11-10(15)12-5-8-1-4-19(16,17)7-8/h8H,1-7H2,(H,13,14)(H2,11,12,15). The van der Waals surface area contributed by atoms with Crippen LogP contribution >= 0.6 is 0 Å². The lowest BCUT2D eigenvalue weighted by atomic mass is 10.1. The predicted octanol–water partition coefficient (Wildman–Crippen LogP) is -1.18. The van der Waals surface area contributed by atoms with Crippen LogP contribution in [0, 0.1) is 5.92 Å². The highest BCUT2D eigenvalue weighted by Crippen LogP contribution is 2.17. The van der Waals surface area contributed by atoms with Gasteiger partial charge in [-0.2, -0.15) is 0 Å². The second-order valence-electron chi connectivity index (χ2n) is 4.35. The smallest absolute Gasteiger partial charge is 0.329 e. The Morgan fingerprint density at radius 1 is 1.32 bits per heavy atom. The Hall–Kier alpha value is -1.35. The van der Waals surface area contributed by atoms with Gasteiger partial charge in [-0.05, 0) is 12.3 Å². The number of sulfone groups is 1. The molecule has 1 aliphatic rings. The average molecular weight is 294 g/mol. The van der Waals surface area contributed by atoms with Crippen LogP contribution in [0.15, 0.2) is 0 Å². The number of nitrogens with one attached hydrogen (secondary N) is 2. The fourth-order valence-corrected chi connectivity index (χ4v) is 3.59. The Morgan fingerprint density at radius 3 is 2.63 bits per heavy atom. The summed E-state index contributed by atoms with van der Waals surface area (Å²) in [6.45, 7) is 0.226. The summed E-state index contributed by atoms with van der Waals surface area (Å²) in [6, 6.07) is -0.414. The molecule has 0 aliphatic carbocycles. The summed E-state index contributed by atoms with van der Waals surface area (Å²) >= 11 is 0. The molecule has 0 spiro atoms. The Balaban J connectivity index is 2.04. The number of carboxylic acid groups (broad SMARTS) is 1. The van der Waals surface area contributed by atoms with E-state index in [-0.39, 0.29) is 30.6 Å². The lowest BCUT2D eigenvalue weighted by Gasteiger charge is -2.10. The van der Waals surface area contributed by atoms with E-state index < -0.39 is 28.4 Å². The van der Waals surface area contributed by atoms with Crippen LogP contribution in [-0.2, 0) is 19.4 Å². The summed E-state index contributed by atoms with van der Waals surface area (Å²) in [6.07, 6.45) is 0.574. The van der Waals surface area contributed by atoms with E-state index in [1.165, 1.54) is 0 Å². The largest absolute Gasteiger partial charge is 0.480 e. The van der Waals surface area contributed by atoms with E-state index in [0.717, 1.165) is 0 Å². The highest BCUT2D eigenvalue weighted by molar-refractivity contribution is 7.91. The molecule has 19 heavy (non-hydrogen) atoms. The number of carbonyl (C=O) groups is 2. The third kappa shape index (κ3) is 6.97. The minimum atomic E-state index is -2.92. The van der Waals surface area contributed by atoms with Crippen LogP contribution in [0.2, 0.25) is 0 Å². The van der Waals surface area contributed by atoms with Crippen LogP contribution in [0.4, 0.5) is 4.79 Å². The highest BCUT2D eigenvalue weighted by Gasteiger charge is 2.27. The zero-order valence-corrected chi connectivity index (χ0v) is 11.2. The molecule has 1 rings (SSSR count). The van der Waals surface area contributed by atoms with Crippen LogP contribution in [-0.4, -0.2) is 63.3 Å². The van der Waals surface area contributed by atoms with Crippen molar-refractivity contribution in [1.29, 1.82) is 0 Å². The second-order valence-corrected chi connectivity index (χ2v) is 6.58. The number of aliphatic carboxylic acids is 1. The van der Waals surface area contributed by atoms with Gasteiger partial charge < -0.3 is 20.5 Å². The molecule has 2 amide bonds. The molecular formula is C10H18N2O6S. The maximum absolute atomic E-state index is 11.3. The van der Waals surface area contributed by atoms with Gasteiger partial charge in [0.05, 0.1) is 18.1 Å². The predicted molar refractivity (Wildman–Crippen MR) is 66.6 cm³/mol. The molecule has 1 fully saturated rings. The zero-order chi connectivity index (χ0) is 14.3. The number of ether oxygens (including phenoxy) is 1. The lowest BCUT2D eigenvalue weighted by molar-refractivity contribution is -0.142.